The second-order valence-corrected chi connectivity index (χ2v) is 10.4. The molecule has 0 aliphatic heterocycles. The molecule has 0 spiro atoms. The van der Waals surface area contributed by atoms with Crippen LogP contribution in [0.25, 0.3) is 11.4 Å². The predicted molar refractivity (Wildman–Crippen MR) is 141 cm³/mol. The minimum Gasteiger partial charge on any atom is -0.489 e. The topological polar surface area (TPSA) is 79.1 Å². The van der Waals surface area contributed by atoms with Gasteiger partial charge in [0.15, 0.2) is 0 Å². The molecule has 0 aliphatic rings. The molecule has 0 bridgehead atoms. The Morgan fingerprint density at radius 2 is 1.69 bits per heavy atom. The molecule has 0 saturated heterocycles. The zero-order valence-corrected chi connectivity index (χ0v) is 22.2. The molecule has 8 heteroatoms. The first-order chi connectivity index (χ1) is 17.3. The van der Waals surface area contributed by atoms with Crippen LogP contribution in [0.15, 0.2) is 77.3 Å². The minimum atomic E-state index is -0.580. The van der Waals surface area contributed by atoms with Crippen LogP contribution in [-0.2, 0) is 35.7 Å². The number of benzene rings is 3. The Bertz CT molecular complexity index is 1300. The third-order valence-electron chi connectivity index (χ3n) is 5.53. The van der Waals surface area contributed by atoms with Crippen molar-refractivity contribution in [3.8, 4) is 17.1 Å². The number of rotatable bonds is 9. The summed E-state index contributed by atoms with van der Waals surface area (Å²) in [5, 5.41) is 12.4. The van der Waals surface area contributed by atoms with E-state index in [2.05, 4.69) is 61.7 Å². The van der Waals surface area contributed by atoms with E-state index in [1.165, 1.54) is 10.4 Å². The van der Waals surface area contributed by atoms with Gasteiger partial charge in [-0.05, 0) is 73.7 Å². The molecule has 0 N–H and O–H groups in total. The highest BCUT2D eigenvalue weighted by molar-refractivity contribution is 9.10. The maximum absolute atomic E-state index is 11.9. The third-order valence-corrected chi connectivity index (χ3v) is 6.02. The van der Waals surface area contributed by atoms with Crippen LogP contribution in [0, 0.1) is 5.41 Å². The molecule has 0 amide bonds. The number of carbonyl (C=O) groups excluding carboxylic acids is 1. The number of carbonyl (C=O) groups is 1. The zero-order chi connectivity index (χ0) is 25.5. The highest BCUT2D eigenvalue weighted by Crippen LogP contribution is 2.26. The van der Waals surface area contributed by atoms with Crippen LogP contribution in [0.3, 0.4) is 0 Å². The lowest BCUT2D eigenvalue weighted by Crippen LogP contribution is -2.24. The maximum atomic E-state index is 11.9. The van der Waals surface area contributed by atoms with E-state index in [9.17, 15) is 4.79 Å². The van der Waals surface area contributed by atoms with Crippen molar-refractivity contribution in [1.82, 2.24) is 20.2 Å². The van der Waals surface area contributed by atoms with E-state index in [1.54, 1.807) is 20.8 Å². The second-order valence-electron chi connectivity index (χ2n) is 9.52. The molecule has 3 aromatic carbocycles. The molecule has 0 fully saturated rings. The van der Waals surface area contributed by atoms with E-state index in [0.717, 1.165) is 39.8 Å². The number of tetrazole rings is 1. The van der Waals surface area contributed by atoms with Gasteiger partial charge in [0, 0.05) is 10.0 Å². The van der Waals surface area contributed by atoms with Gasteiger partial charge < -0.3 is 9.47 Å². The number of nitrogens with zero attached hydrogens (tertiary/aromatic N) is 4. The summed E-state index contributed by atoms with van der Waals surface area (Å²) in [4.78, 5) is 13.2. The number of aryl methyl sites for hydroxylation is 2. The zero-order valence-electron chi connectivity index (χ0n) is 20.6. The Kier molecular flexibility index (Phi) is 8.15. The number of hydrogen-bond acceptors (Lipinski definition) is 6. The van der Waals surface area contributed by atoms with Gasteiger partial charge in [-0.3, -0.25) is 4.79 Å². The summed E-state index contributed by atoms with van der Waals surface area (Å²) in [5.74, 6) is 1.06. The van der Waals surface area contributed by atoms with Crippen LogP contribution in [0.4, 0.5) is 0 Å². The van der Waals surface area contributed by atoms with E-state index in [-0.39, 0.29) is 12.7 Å². The molecule has 4 rings (SSSR count). The predicted octanol–water partition coefficient (Wildman–Crippen LogP) is 6.01. The Balaban J connectivity index is 1.35. The molecule has 7 nitrogen and oxygen atoms in total. The van der Waals surface area contributed by atoms with Crippen LogP contribution < -0.4 is 4.74 Å². The molecule has 0 saturated carbocycles. The quantitative estimate of drug-likeness (QED) is 0.238. The highest BCUT2D eigenvalue weighted by Gasteiger charge is 2.23. The van der Waals surface area contributed by atoms with Gasteiger partial charge in [-0.25, -0.2) is 0 Å². The van der Waals surface area contributed by atoms with Crippen molar-refractivity contribution in [3.05, 3.63) is 94.0 Å². The van der Waals surface area contributed by atoms with Gasteiger partial charge in [-0.1, -0.05) is 70.5 Å². The van der Waals surface area contributed by atoms with Gasteiger partial charge in [-0.15, -0.1) is 15.0 Å². The summed E-state index contributed by atoms with van der Waals surface area (Å²) in [6, 6.07) is 24.4. The first-order valence-electron chi connectivity index (χ1n) is 11.8. The second kappa shape index (κ2) is 11.5. The Hall–Kier alpha value is -3.52. The molecular weight excluding hydrogens is 520 g/mol. The normalized spacial score (nSPS) is 11.3. The van der Waals surface area contributed by atoms with E-state index >= 15 is 0 Å². The summed E-state index contributed by atoms with van der Waals surface area (Å²) in [6.07, 6.45) is 1.71. The average Bonchev–Trinajstić information content (AvgIpc) is 3.35. The molecule has 0 atom stereocenters. The fourth-order valence-electron chi connectivity index (χ4n) is 3.47. The third kappa shape index (κ3) is 7.01. The SMILES string of the molecule is CC(C)(C)C(=O)OCn1nnc(-c2ccc(CCc3cc(Br)ccc3OCc3ccccc3)cc2)n1. The summed E-state index contributed by atoms with van der Waals surface area (Å²) in [5.41, 5.74) is 3.75. The molecular formula is C28H29BrN4O3. The standard InChI is InChI=1S/C28H29BrN4O3/c1-28(2,3)27(34)36-19-33-31-26(30-32-33)22-12-9-20(10-13-22)11-14-23-17-24(29)15-16-25(23)35-18-21-7-5-4-6-8-21/h4-10,12-13,15-17H,11,14,18-19H2,1-3H3. The Labute approximate surface area is 219 Å². The van der Waals surface area contributed by atoms with E-state index in [0.29, 0.717) is 12.4 Å². The lowest BCUT2D eigenvalue weighted by Gasteiger charge is -2.15. The molecule has 36 heavy (non-hydrogen) atoms. The van der Waals surface area contributed by atoms with Crippen molar-refractivity contribution >= 4 is 21.9 Å². The first kappa shape index (κ1) is 25.6. The summed E-state index contributed by atoms with van der Waals surface area (Å²) in [6.45, 7) is 5.86. The van der Waals surface area contributed by atoms with Crippen molar-refractivity contribution in [2.45, 2.75) is 47.0 Å². The molecule has 1 aromatic heterocycles. The monoisotopic (exact) mass is 548 g/mol. The van der Waals surface area contributed by atoms with Crippen LogP contribution in [0.1, 0.15) is 37.5 Å². The molecule has 0 unspecified atom stereocenters. The van der Waals surface area contributed by atoms with Gasteiger partial charge in [0.25, 0.3) is 0 Å². The number of aromatic nitrogens is 4. The fraction of sp³-hybridized carbons (Fsp3) is 0.286. The largest absolute Gasteiger partial charge is 0.489 e. The van der Waals surface area contributed by atoms with Crippen molar-refractivity contribution < 1.29 is 14.3 Å². The summed E-state index contributed by atoms with van der Waals surface area (Å²) >= 11 is 3.58. The van der Waals surface area contributed by atoms with Crippen molar-refractivity contribution in [2.75, 3.05) is 0 Å². The smallest absolute Gasteiger partial charge is 0.313 e. The summed E-state index contributed by atoms with van der Waals surface area (Å²) < 4.78 is 12.4. The van der Waals surface area contributed by atoms with Crippen molar-refractivity contribution in [1.29, 1.82) is 0 Å². The molecule has 1 heterocycles. The van der Waals surface area contributed by atoms with Crippen LogP contribution in [0.5, 0.6) is 5.75 Å². The minimum absolute atomic E-state index is 0.0670. The number of hydrogen-bond donors (Lipinski definition) is 0. The molecule has 186 valence electrons. The molecule has 4 aromatic rings. The van der Waals surface area contributed by atoms with Crippen molar-refractivity contribution in [2.24, 2.45) is 5.41 Å². The maximum Gasteiger partial charge on any atom is 0.313 e. The van der Waals surface area contributed by atoms with Crippen LogP contribution >= 0.6 is 15.9 Å². The van der Waals surface area contributed by atoms with Crippen LogP contribution in [0.2, 0.25) is 0 Å². The van der Waals surface area contributed by atoms with E-state index < -0.39 is 5.41 Å². The lowest BCUT2D eigenvalue weighted by atomic mass is 9.98. The van der Waals surface area contributed by atoms with Gasteiger partial charge in [0.2, 0.25) is 12.6 Å². The van der Waals surface area contributed by atoms with Gasteiger partial charge in [0.05, 0.1) is 5.41 Å². The van der Waals surface area contributed by atoms with Gasteiger partial charge >= 0.3 is 5.97 Å². The number of ether oxygens (including phenoxy) is 2. The van der Waals surface area contributed by atoms with E-state index in [1.807, 2.05) is 42.5 Å². The van der Waals surface area contributed by atoms with Crippen molar-refractivity contribution in [3.63, 3.8) is 0 Å². The lowest BCUT2D eigenvalue weighted by molar-refractivity contribution is -0.157. The Morgan fingerprint density at radius 1 is 0.944 bits per heavy atom. The Morgan fingerprint density at radius 3 is 2.42 bits per heavy atom. The fourth-order valence-corrected chi connectivity index (χ4v) is 3.87. The summed E-state index contributed by atoms with van der Waals surface area (Å²) in [7, 11) is 0. The number of halogens is 1. The average molecular weight is 549 g/mol. The molecule has 0 aliphatic carbocycles. The molecule has 0 radical (unpaired) electrons. The van der Waals surface area contributed by atoms with Crippen LogP contribution in [-0.4, -0.2) is 26.2 Å². The first-order valence-corrected chi connectivity index (χ1v) is 12.6. The van der Waals surface area contributed by atoms with Gasteiger partial charge in [0.1, 0.15) is 12.4 Å². The number of esters is 1. The van der Waals surface area contributed by atoms with E-state index in [4.69, 9.17) is 9.47 Å². The highest BCUT2D eigenvalue weighted by atomic mass is 79.9. The van der Waals surface area contributed by atoms with Gasteiger partial charge in [-0.2, -0.15) is 0 Å².